The number of urea groups is 1. The maximum atomic E-state index is 11.3. The Bertz CT molecular complexity index is 264. The van der Waals surface area contributed by atoms with Crippen LogP contribution < -0.4 is 10.6 Å². The predicted octanol–water partition coefficient (Wildman–Crippen LogP) is 1.59. The van der Waals surface area contributed by atoms with Crippen LogP contribution in [0.4, 0.5) is 4.79 Å². The Balaban J connectivity index is 1.95. The molecule has 1 atom stereocenters. The van der Waals surface area contributed by atoms with Gasteiger partial charge in [0.15, 0.2) is 0 Å². The molecule has 98 valence electrons. The lowest BCUT2D eigenvalue weighted by Crippen LogP contribution is -2.38. The minimum Gasteiger partial charge on any atom is -0.481 e. The summed E-state index contributed by atoms with van der Waals surface area (Å²) in [5.74, 6) is 0.232. The van der Waals surface area contributed by atoms with E-state index < -0.39 is 5.97 Å². The van der Waals surface area contributed by atoms with Crippen molar-refractivity contribution in [3.63, 3.8) is 0 Å². The van der Waals surface area contributed by atoms with Gasteiger partial charge in [-0.25, -0.2) is 4.79 Å². The van der Waals surface area contributed by atoms with Gasteiger partial charge >= 0.3 is 12.0 Å². The van der Waals surface area contributed by atoms with Crippen LogP contribution in [0.15, 0.2) is 0 Å². The number of nitrogens with one attached hydrogen (secondary N) is 2. The summed E-state index contributed by atoms with van der Waals surface area (Å²) in [6.45, 7) is 3.20. The van der Waals surface area contributed by atoms with Crippen molar-refractivity contribution in [2.24, 2.45) is 11.8 Å². The molecule has 0 radical (unpaired) electrons. The quantitative estimate of drug-likeness (QED) is 0.604. The number of hydrogen-bond donors (Lipinski definition) is 3. The number of carbonyl (C=O) groups excluding carboxylic acids is 1. The number of carboxylic acid groups (broad SMARTS) is 1. The van der Waals surface area contributed by atoms with Gasteiger partial charge in [-0.2, -0.15) is 0 Å². The average molecular weight is 242 g/mol. The molecule has 0 aromatic carbocycles. The maximum absolute atomic E-state index is 11.3. The lowest BCUT2D eigenvalue weighted by molar-refractivity contribution is -0.137. The van der Waals surface area contributed by atoms with Gasteiger partial charge in [0.05, 0.1) is 0 Å². The molecule has 5 heteroatoms. The van der Waals surface area contributed by atoms with Gasteiger partial charge in [0.25, 0.3) is 0 Å². The third-order valence-corrected chi connectivity index (χ3v) is 3.00. The number of rotatable bonds is 8. The molecule has 2 amide bonds. The Morgan fingerprint density at radius 3 is 2.65 bits per heavy atom. The lowest BCUT2D eigenvalue weighted by atomic mass is 10.1. The van der Waals surface area contributed by atoms with Crippen molar-refractivity contribution in [2.45, 2.75) is 39.0 Å². The van der Waals surface area contributed by atoms with Gasteiger partial charge in [0.2, 0.25) is 0 Å². The van der Waals surface area contributed by atoms with Gasteiger partial charge < -0.3 is 15.7 Å². The van der Waals surface area contributed by atoms with E-state index in [4.69, 9.17) is 5.11 Å². The van der Waals surface area contributed by atoms with Crippen LogP contribution in [-0.4, -0.2) is 30.2 Å². The molecule has 1 aliphatic rings. The van der Waals surface area contributed by atoms with Crippen LogP contribution in [0.2, 0.25) is 0 Å². The van der Waals surface area contributed by atoms with Gasteiger partial charge in [-0.1, -0.05) is 19.8 Å². The van der Waals surface area contributed by atoms with E-state index in [1.165, 1.54) is 12.8 Å². The summed E-state index contributed by atoms with van der Waals surface area (Å²) in [5.41, 5.74) is 0. The largest absolute Gasteiger partial charge is 0.481 e. The first-order valence-electron chi connectivity index (χ1n) is 6.31. The Labute approximate surface area is 102 Å². The second-order valence-corrected chi connectivity index (χ2v) is 4.91. The number of carbonyl (C=O) groups is 2. The molecule has 0 aromatic heterocycles. The molecule has 0 saturated heterocycles. The monoisotopic (exact) mass is 242 g/mol. The molecule has 0 aliphatic heterocycles. The summed E-state index contributed by atoms with van der Waals surface area (Å²) in [7, 11) is 0. The highest BCUT2D eigenvalue weighted by atomic mass is 16.4. The highest BCUT2D eigenvalue weighted by Crippen LogP contribution is 2.31. The molecule has 0 heterocycles. The van der Waals surface area contributed by atoms with Crippen LogP contribution in [0.25, 0.3) is 0 Å². The lowest BCUT2D eigenvalue weighted by Gasteiger charge is -2.12. The van der Waals surface area contributed by atoms with Crippen LogP contribution >= 0.6 is 0 Å². The second-order valence-electron chi connectivity index (χ2n) is 4.91. The molecule has 1 unspecified atom stereocenters. The van der Waals surface area contributed by atoms with E-state index in [-0.39, 0.29) is 18.4 Å². The smallest absolute Gasteiger partial charge is 0.314 e. The summed E-state index contributed by atoms with van der Waals surface area (Å²) >= 11 is 0. The van der Waals surface area contributed by atoms with E-state index in [1.807, 2.05) is 6.92 Å². The van der Waals surface area contributed by atoms with E-state index in [2.05, 4.69) is 10.6 Å². The number of carboxylic acids is 1. The van der Waals surface area contributed by atoms with Gasteiger partial charge in [-0.3, -0.25) is 4.79 Å². The van der Waals surface area contributed by atoms with Gasteiger partial charge in [0, 0.05) is 19.5 Å². The zero-order valence-electron chi connectivity index (χ0n) is 10.4. The van der Waals surface area contributed by atoms with Crippen molar-refractivity contribution in [1.82, 2.24) is 10.6 Å². The Kier molecular flexibility index (Phi) is 5.80. The van der Waals surface area contributed by atoms with Crippen molar-refractivity contribution < 1.29 is 14.7 Å². The Morgan fingerprint density at radius 2 is 2.06 bits per heavy atom. The zero-order valence-corrected chi connectivity index (χ0v) is 10.4. The number of amides is 2. The third kappa shape index (κ3) is 7.60. The van der Waals surface area contributed by atoms with Crippen LogP contribution in [0.1, 0.15) is 39.0 Å². The van der Waals surface area contributed by atoms with Crippen molar-refractivity contribution >= 4 is 12.0 Å². The molecule has 17 heavy (non-hydrogen) atoms. The number of hydrogen-bond acceptors (Lipinski definition) is 2. The number of aliphatic carboxylic acids is 1. The van der Waals surface area contributed by atoms with Crippen LogP contribution in [-0.2, 0) is 4.79 Å². The minimum absolute atomic E-state index is 0.146. The third-order valence-electron chi connectivity index (χ3n) is 3.00. The van der Waals surface area contributed by atoms with E-state index >= 15 is 0 Å². The normalized spacial score (nSPS) is 16.3. The van der Waals surface area contributed by atoms with Crippen LogP contribution in [0.3, 0.4) is 0 Å². The second kappa shape index (κ2) is 7.14. The molecular weight excluding hydrogens is 220 g/mol. The summed E-state index contributed by atoms with van der Waals surface area (Å²) in [6, 6.07) is -0.146. The van der Waals surface area contributed by atoms with E-state index in [9.17, 15) is 9.59 Å². The molecule has 0 aromatic rings. The molecular formula is C12H22N2O3. The van der Waals surface area contributed by atoms with Crippen LogP contribution in [0, 0.1) is 11.8 Å². The van der Waals surface area contributed by atoms with Crippen molar-refractivity contribution in [3.8, 4) is 0 Å². The van der Waals surface area contributed by atoms with E-state index in [1.54, 1.807) is 0 Å². The fourth-order valence-corrected chi connectivity index (χ4v) is 1.60. The molecule has 0 spiro atoms. The summed E-state index contributed by atoms with van der Waals surface area (Å²) < 4.78 is 0. The summed E-state index contributed by atoms with van der Waals surface area (Å²) in [4.78, 5) is 21.7. The molecule has 1 fully saturated rings. The SMILES string of the molecule is CC(CCC(=O)O)CNC(=O)NCCC1CC1. The average Bonchev–Trinajstić information content (AvgIpc) is 3.07. The highest BCUT2D eigenvalue weighted by molar-refractivity contribution is 5.73. The Hall–Kier alpha value is -1.26. The molecule has 1 rings (SSSR count). The molecule has 3 N–H and O–H groups in total. The fraction of sp³-hybridized carbons (Fsp3) is 0.833. The summed E-state index contributed by atoms with van der Waals surface area (Å²) in [5, 5.41) is 14.1. The van der Waals surface area contributed by atoms with Crippen molar-refractivity contribution in [2.75, 3.05) is 13.1 Å². The van der Waals surface area contributed by atoms with Crippen molar-refractivity contribution in [1.29, 1.82) is 0 Å². The van der Waals surface area contributed by atoms with Gasteiger partial charge in [-0.15, -0.1) is 0 Å². The minimum atomic E-state index is -0.786. The van der Waals surface area contributed by atoms with E-state index in [0.29, 0.717) is 13.0 Å². The molecule has 1 aliphatic carbocycles. The molecule has 0 bridgehead atoms. The van der Waals surface area contributed by atoms with E-state index in [0.717, 1.165) is 18.9 Å². The topological polar surface area (TPSA) is 78.4 Å². The van der Waals surface area contributed by atoms with Crippen molar-refractivity contribution in [3.05, 3.63) is 0 Å². The first-order chi connectivity index (χ1) is 8.08. The first kappa shape index (κ1) is 13.8. The zero-order chi connectivity index (χ0) is 12.7. The summed E-state index contributed by atoms with van der Waals surface area (Å²) in [6.07, 6.45) is 4.43. The molecule has 5 nitrogen and oxygen atoms in total. The van der Waals surface area contributed by atoms with Gasteiger partial charge in [0.1, 0.15) is 0 Å². The van der Waals surface area contributed by atoms with Crippen LogP contribution in [0.5, 0.6) is 0 Å². The predicted molar refractivity (Wildman–Crippen MR) is 64.8 cm³/mol. The molecule has 1 saturated carbocycles. The van der Waals surface area contributed by atoms with Gasteiger partial charge in [-0.05, 0) is 24.7 Å². The Morgan fingerprint density at radius 1 is 1.35 bits per heavy atom. The first-order valence-corrected chi connectivity index (χ1v) is 6.31. The highest BCUT2D eigenvalue weighted by Gasteiger charge is 2.20. The maximum Gasteiger partial charge on any atom is 0.314 e. The standard InChI is InChI=1S/C12H22N2O3/c1-9(2-5-11(15)16)8-14-12(17)13-7-6-10-3-4-10/h9-10H,2-8H2,1H3,(H,15,16)(H2,13,14,17). The fourth-order valence-electron chi connectivity index (χ4n) is 1.60.